The van der Waals surface area contributed by atoms with Gasteiger partial charge in [0.1, 0.15) is 11.5 Å². The van der Waals surface area contributed by atoms with E-state index in [1.807, 2.05) is 12.1 Å². The van der Waals surface area contributed by atoms with E-state index < -0.39 is 0 Å². The molecule has 3 aromatic rings. The van der Waals surface area contributed by atoms with Gasteiger partial charge in [-0.2, -0.15) is 0 Å². The van der Waals surface area contributed by atoms with Gasteiger partial charge in [-0.15, -0.1) is 0 Å². The second-order valence-corrected chi connectivity index (χ2v) is 6.87. The van der Waals surface area contributed by atoms with Gasteiger partial charge >= 0.3 is 0 Å². The molecule has 3 aromatic carbocycles. The van der Waals surface area contributed by atoms with E-state index in [0.717, 1.165) is 47.2 Å². The lowest BCUT2D eigenvalue weighted by Crippen LogP contribution is -2.11. The monoisotopic (exact) mass is 375 g/mol. The first-order chi connectivity index (χ1) is 13.7. The fraction of sp³-hybridized carbons (Fsp3) is 0.280. The molecule has 0 aliphatic heterocycles. The molecular formula is C25H29NO2. The highest BCUT2D eigenvalue weighted by molar-refractivity contribution is 5.78. The highest BCUT2D eigenvalue weighted by Gasteiger charge is 2.15. The van der Waals surface area contributed by atoms with Crippen LogP contribution in [0.5, 0.6) is 11.5 Å². The number of nitrogens with zero attached hydrogens (tertiary/aromatic N) is 1. The quantitative estimate of drug-likeness (QED) is 0.374. The number of hydrogen-bond acceptors (Lipinski definition) is 3. The van der Waals surface area contributed by atoms with Crippen molar-refractivity contribution in [2.24, 2.45) is 0 Å². The second kappa shape index (κ2) is 9.84. The van der Waals surface area contributed by atoms with E-state index >= 15 is 0 Å². The molecular weight excluding hydrogens is 346 g/mol. The highest BCUT2D eigenvalue weighted by atomic mass is 16.5. The molecule has 0 atom stereocenters. The zero-order valence-corrected chi connectivity index (χ0v) is 17.0. The number of ether oxygens (including phenoxy) is 2. The molecule has 146 valence electrons. The molecule has 0 aromatic heterocycles. The van der Waals surface area contributed by atoms with Crippen LogP contribution < -0.4 is 14.4 Å². The van der Waals surface area contributed by atoms with Crippen LogP contribution in [0, 0.1) is 6.92 Å². The Kier molecular flexibility index (Phi) is 6.96. The van der Waals surface area contributed by atoms with Gasteiger partial charge in [-0.05, 0) is 73.5 Å². The van der Waals surface area contributed by atoms with E-state index in [2.05, 4.69) is 79.4 Å². The van der Waals surface area contributed by atoms with Gasteiger partial charge in [0, 0.05) is 17.1 Å². The summed E-state index contributed by atoms with van der Waals surface area (Å²) in [6, 6.07) is 24.9. The van der Waals surface area contributed by atoms with Gasteiger partial charge in [-0.25, -0.2) is 0 Å². The van der Waals surface area contributed by atoms with E-state index in [0.29, 0.717) is 0 Å². The zero-order valence-electron chi connectivity index (χ0n) is 17.0. The van der Waals surface area contributed by atoms with Crippen LogP contribution >= 0.6 is 0 Å². The molecule has 0 amide bonds. The van der Waals surface area contributed by atoms with Crippen molar-refractivity contribution in [2.75, 3.05) is 18.6 Å². The molecule has 0 spiro atoms. The minimum atomic E-state index is 0.771. The fourth-order valence-corrected chi connectivity index (χ4v) is 3.24. The molecule has 3 heteroatoms. The molecule has 0 heterocycles. The lowest BCUT2D eigenvalue weighted by atomic mass is 10.1. The number of aryl methyl sites for hydroxylation is 1. The normalized spacial score (nSPS) is 10.5. The van der Waals surface area contributed by atoms with E-state index in [-0.39, 0.29) is 0 Å². The molecule has 0 fully saturated rings. The third-order valence-corrected chi connectivity index (χ3v) is 4.77. The lowest BCUT2D eigenvalue weighted by Gasteiger charge is -2.27. The van der Waals surface area contributed by atoms with Crippen LogP contribution in [0.15, 0.2) is 72.8 Å². The number of hydrogen-bond donors (Lipinski definition) is 0. The molecule has 0 N–H and O–H groups in total. The van der Waals surface area contributed by atoms with Crippen molar-refractivity contribution in [3.05, 3.63) is 78.4 Å². The van der Waals surface area contributed by atoms with Crippen molar-refractivity contribution >= 4 is 17.1 Å². The standard InChI is InChI=1S/C25H29NO2/c1-4-5-9-18-28-23-14-12-22(13-15-23)26(21-10-7-6-8-11-21)25-17-16-24(27-3)19-20(25)2/h6-8,10-17,19H,4-5,9,18H2,1-3H3. The van der Waals surface area contributed by atoms with E-state index in [9.17, 15) is 0 Å². The van der Waals surface area contributed by atoms with Crippen molar-refractivity contribution in [1.82, 2.24) is 0 Å². The second-order valence-electron chi connectivity index (χ2n) is 6.87. The van der Waals surface area contributed by atoms with Crippen LogP contribution in [0.3, 0.4) is 0 Å². The van der Waals surface area contributed by atoms with Crippen LogP contribution in [0.2, 0.25) is 0 Å². The van der Waals surface area contributed by atoms with E-state index in [1.54, 1.807) is 7.11 Å². The smallest absolute Gasteiger partial charge is 0.119 e. The van der Waals surface area contributed by atoms with Crippen molar-refractivity contribution < 1.29 is 9.47 Å². The van der Waals surface area contributed by atoms with Crippen LogP contribution in [0.25, 0.3) is 0 Å². The van der Waals surface area contributed by atoms with E-state index in [4.69, 9.17) is 9.47 Å². The van der Waals surface area contributed by atoms with Crippen molar-refractivity contribution in [3.63, 3.8) is 0 Å². The average molecular weight is 376 g/mol. The van der Waals surface area contributed by atoms with Gasteiger partial charge < -0.3 is 14.4 Å². The Morgan fingerprint density at radius 3 is 2.11 bits per heavy atom. The Balaban J connectivity index is 1.90. The number of anilines is 3. The van der Waals surface area contributed by atoms with Gasteiger partial charge in [0.05, 0.1) is 13.7 Å². The third-order valence-electron chi connectivity index (χ3n) is 4.77. The average Bonchev–Trinajstić information content (AvgIpc) is 2.74. The Labute approximate surface area is 168 Å². The largest absolute Gasteiger partial charge is 0.497 e. The van der Waals surface area contributed by atoms with Crippen molar-refractivity contribution in [1.29, 1.82) is 0 Å². The summed E-state index contributed by atoms with van der Waals surface area (Å²) in [6.07, 6.45) is 3.51. The Hall–Kier alpha value is -2.94. The molecule has 0 radical (unpaired) electrons. The maximum absolute atomic E-state index is 5.87. The lowest BCUT2D eigenvalue weighted by molar-refractivity contribution is 0.306. The van der Waals surface area contributed by atoms with Gasteiger partial charge in [-0.1, -0.05) is 38.0 Å². The Bertz CT molecular complexity index is 859. The summed E-state index contributed by atoms with van der Waals surface area (Å²) in [4.78, 5) is 2.26. The zero-order chi connectivity index (χ0) is 19.8. The van der Waals surface area contributed by atoms with Crippen LogP contribution in [0.4, 0.5) is 17.1 Å². The molecule has 0 aliphatic carbocycles. The summed E-state index contributed by atoms with van der Waals surface area (Å²) >= 11 is 0. The van der Waals surface area contributed by atoms with Gasteiger partial charge in [0.25, 0.3) is 0 Å². The third kappa shape index (κ3) is 4.86. The maximum Gasteiger partial charge on any atom is 0.119 e. The van der Waals surface area contributed by atoms with Crippen molar-refractivity contribution in [2.45, 2.75) is 33.1 Å². The molecule has 0 unspecified atom stereocenters. The fourth-order valence-electron chi connectivity index (χ4n) is 3.24. The first kappa shape index (κ1) is 19.8. The number of unbranched alkanes of at least 4 members (excludes halogenated alkanes) is 2. The number of methoxy groups -OCH3 is 1. The first-order valence-corrected chi connectivity index (χ1v) is 9.95. The highest BCUT2D eigenvalue weighted by Crippen LogP contribution is 2.38. The molecule has 0 saturated carbocycles. The van der Waals surface area contributed by atoms with Gasteiger partial charge in [0.15, 0.2) is 0 Å². The Morgan fingerprint density at radius 1 is 0.786 bits per heavy atom. The Morgan fingerprint density at radius 2 is 1.46 bits per heavy atom. The van der Waals surface area contributed by atoms with Gasteiger partial charge in [-0.3, -0.25) is 0 Å². The number of para-hydroxylation sites is 1. The summed E-state index contributed by atoms with van der Waals surface area (Å²) < 4.78 is 11.2. The molecule has 0 aliphatic rings. The summed E-state index contributed by atoms with van der Waals surface area (Å²) in [7, 11) is 1.70. The summed E-state index contributed by atoms with van der Waals surface area (Å²) in [5, 5.41) is 0. The van der Waals surface area contributed by atoms with Crippen LogP contribution in [-0.2, 0) is 0 Å². The first-order valence-electron chi connectivity index (χ1n) is 9.95. The molecule has 28 heavy (non-hydrogen) atoms. The minimum absolute atomic E-state index is 0.771. The minimum Gasteiger partial charge on any atom is -0.497 e. The number of rotatable bonds is 9. The maximum atomic E-state index is 5.87. The molecule has 0 saturated heterocycles. The summed E-state index contributed by atoms with van der Waals surface area (Å²) in [6.45, 7) is 5.08. The predicted molar refractivity (Wildman–Crippen MR) is 117 cm³/mol. The summed E-state index contributed by atoms with van der Waals surface area (Å²) in [5.41, 5.74) is 4.50. The molecule has 3 rings (SSSR count). The predicted octanol–water partition coefficient (Wildman–Crippen LogP) is 7.04. The van der Waals surface area contributed by atoms with Crippen molar-refractivity contribution in [3.8, 4) is 11.5 Å². The number of benzene rings is 3. The van der Waals surface area contributed by atoms with Gasteiger partial charge in [0.2, 0.25) is 0 Å². The van der Waals surface area contributed by atoms with E-state index in [1.165, 1.54) is 12.8 Å². The van der Waals surface area contributed by atoms with Crippen LogP contribution in [-0.4, -0.2) is 13.7 Å². The molecule has 0 bridgehead atoms. The van der Waals surface area contributed by atoms with Crippen LogP contribution in [0.1, 0.15) is 31.7 Å². The molecule has 3 nitrogen and oxygen atoms in total. The SMILES string of the molecule is CCCCCOc1ccc(N(c2ccccc2)c2ccc(OC)cc2C)cc1. The topological polar surface area (TPSA) is 21.7 Å². The summed E-state index contributed by atoms with van der Waals surface area (Å²) in [5.74, 6) is 1.78.